The highest BCUT2D eigenvalue weighted by Crippen LogP contribution is 2.29. The zero-order valence-electron chi connectivity index (χ0n) is 14.9. The van der Waals surface area contributed by atoms with Crippen LogP contribution in [-0.4, -0.2) is 13.0 Å². The van der Waals surface area contributed by atoms with Crippen LogP contribution in [0.5, 0.6) is 0 Å². The summed E-state index contributed by atoms with van der Waals surface area (Å²) in [6, 6.07) is 14.7. The van der Waals surface area contributed by atoms with E-state index in [0.29, 0.717) is 5.69 Å². The molecular weight excluding hydrogens is 332 g/mol. The number of anilines is 1. The van der Waals surface area contributed by atoms with Crippen LogP contribution in [-0.2, 0) is 17.1 Å². The number of benzene rings is 2. The summed E-state index contributed by atoms with van der Waals surface area (Å²) in [6.07, 6.45) is 2.00. The van der Waals surface area contributed by atoms with E-state index in [9.17, 15) is 8.42 Å². The number of sulfonamides is 1. The molecule has 0 spiro atoms. The summed E-state index contributed by atoms with van der Waals surface area (Å²) in [5.74, 6) is 0. The summed E-state index contributed by atoms with van der Waals surface area (Å²) in [5.41, 5.74) is 5.82. The van der Waals surface area contributed by atoms with E-state index in [1.54, 1.807) is 24.3 Å². The fourth-order valence-corrected chi connectivity index (χ4v) is 4.04. The number of aryl methyl sites for hydroxylation is 4. The van der Waals surface area contributed by atoms with E-state index < -0.39 is 10.0 Å². The van der Waals surface area contributed by atoms with E-state index in [1.165, 1.54) is 0 Å². The average molecular weight is 354 g/mol. The van der Waals surface area contributed by atoms with Gasteiger partial charge in [0.2, 0.25) is 0 Å². The highest BCUT2D eigenvalue weighted by atomic mass is 32.2. The average Bonchev–Trinajstić information content (AvgIpc) is 2.85. The Morgan fingerprint density at radius 3 is 2.16 bits per heavy atom. The Labute approximate surface area is 149 Å². The van der Waals surface area contributed by atoms with Gasteiger partial charge in [-0.2, -0.15) is 0 Å². The van der Waals surface area contributed by atoms with Crippen molar-refractivity contribution >= 4 is 15.7 Å². The number of hydrogen-bond donors (Lipinski definition) is 1. The van der Waals surface area contributed by atoms with Crippen molar-refractivity contribution in [2.45, 2.75) is 25.7 Å². The molecule has 25 heavy (non-hydrogen) atoms. The van der Waals surface area contributed by atoms with Gasteiger partial charge < -0.3 is 4.57 Å². The Bertz CT molecular complexity index is 997. The molecule has 3 rings (SSSR count). The van der Waals surface area contributed by atoms with Crippen molar-refractivity contribution in [3.8, 4) is 11.3 Å². The van der Waals surface area contributed by atoms with Gasteiger partial charge in [-0.15, -0.1) is 0 Å². The van der Waals surface area contributed by atoms with Crippen molar-refractivity contribution in [3.63, 3.8) is 0 Å². The largest absolute Gasteiger partial charge is 0.350 e. The molecule has 130 valence electrons. The molecule has 0 aliphatic rings. The molecule has 0 fully saturated rings. The lowest BCUT2D eigenvalue weighted by atomic mass is 10.1. The van der Waals surface area contributed by atoms with Gasteiger partial charge in [-0.3, -0.25) is 4.72 Å². The fraction of sp³-hybridized carbons (Fsp3) is 0.200. The third-order valence-electron chi connectivity index (χ3n) is 4.21. The van der Waals surface area contributed by atoms with Crippen LogP contribution in [0.1, 0.15) is 16.7 Å². The third-order valence-corrected chi connectivity index (χ3v) is 5.61. The normalized spacial score (nSPS) is 11.5. The number of nitrogens with one attached hydrogen (secondary N) is 1. The molecule has 0 aliphatic carbocycles. The van der Waals surface area contributed by atoms with Crippen molar-refractivity contribution in [2.24, 2.45) is 7.05 Å². The summed E-state index contributed by atoms with van der Waals surface area (Å²) >= 11 is 0. The van der Waals surface area contributed by atoms with Crippen molar-refractivity contribution in [3.05, 3.63) is 71.4 Å². The van der Waals surface area contributed by atoms with Crippen LogP contribution in [0.4, 0.5) is 5.69 Å². The second kappa shape index (κ2) is 6.41. The van der Waals surface area contributed by atoms with Gasteiger partial charge in [-0.25, -0.2) is 8.42 Å². The lowest BCUT2D eigenvalue weighted by Gasteiger charge is -2.13. The van der Waals surface area contributed by atoms with E-state index in [0.717, 1.165) is 27.9 Å². The van der Waals surface area contributed by atoms with Crippen LogP contribution in [0.15, 0.2) is 59.6 Å². The maximum Gasteiger partial charge on any atom is 0.261 e. The molecule has 2 aromatic carbocycles. The zero-order chi connectivity index (χ0) is 18.2. The van der Waals surface area contributed by atoms with Crippen molar-refractivity contribution in [2.75, 3.05) is 4.72 Å². The molecule has 0 atom stereocenters. The quantitative estimate of drug-likeness (QED) is 0.754. The SMILES string of the molecule is Cc1ccc(S(=O)(=O)Nc2cc(C)cc(-c3c(C)ccn3C)c2)cc1. The van der Waals surface area contributed by atoms with E-state index in [2.05, 4.69) is 10.8 Å². The Kier molecular flexibility index (Phi) is 4.43. The third kappa shape index (κ3) is 3.61. The molecule has 0 radical (unpaired) electrons. The van der Waals surface area contributed by atoms with Crippen LogP contribution >= 0.6 is 0 Å². The van der Waals surface area contributed by atoms with Crippen LogP contribution in [0.2, 0.25) is 0 Å². The molecule has 1 aromatic heterocycles. The molecule has 0 bridgehead atoms. The molecular formula is C20H22N2O2S. The van der Waals surface area contributed by atoms with E-state index in [-0.39, 0.29) is 4.90 Å². The van der Waals surface area contributed by atoms with Crippen LogP contribution in [0, 0.1) is 20.8 Å². The van der Waals surface area contributed by atoms with Gasteiger partial charge in [-0.1, -0.05) is 17.7 Å². The fourth-order valence-electron chi connectivity index (χ4n) is 3.00. The van der Waals surface area contributed by atoms with Crippen molar-refractivity contribution in [1.82, 2.24) is 4.57 Å². The Hall–Kier alpha value is -2.53. The number of nitrogens with zero attached hydrogens (tertiary/aromatic N) is 1. The van der Waals surface area contributed by atoms with Gasteiger partial charge >= 0.3 is 0 Å². The first-order valence-corrected chi connectivity index (χ1v) is 9.58. The van der Waals surface area contributed by atoms with Gasteiger partial charge in [0.15, 0.2) is 0 Å². The highest BCUT2D eigenvalue weighted by Gasteiger charge is 2.15. The molecule has 3 aromatic rings. The molecule has 0 saturated heterocycles. The Morgan fingerprint density at radius 2 is 1.56 bits per heavy atom. The Morgan fingerprint density at radius 1 is 0.880 bits per heavy atom. The summed E-state index contributed by atoms with van der Waals surface area (Å²) in [5, 5.41) is 0. The summed E-state index contributed by atoms with van der Waals surface area (Å²) < 4.78 is 30.0. The molecule has 4 nitrogen and oxygen atoms in total. The van der Waals surface area contributed by atoms with Crippen LogP contribution in [0.25, 0.3) is 11.3 Å². The summed E-state index contributed by atoms with van der Waals surface area (Å²) in [4.78, 5) is 0.260. The topological polar surface area (TPSA) is 51.1 Å². The molecule has 0 amide bonds. The lowest BCUT2D eigenvalue weighted by molar-refractivity contribution is 0.601. The second-order valence-corrected chi connectivity index (χ2v) is 8.15. The van der Waals surface area contributed by atoms with Gasteiger partial charge in [0.05, 0.1) is 10.6 Å². The van der Waals surface area contributed by atoms with Crippen molar-refractivity contribution in [1.29, 1.82) is 0 Å². The number of aromatic nitrogens is 1. The maximum atomic E-state index is 12.6. The molecule has 0 unspecified atom stereocenters. The van der Waals surface area contributed by atoms with E-state index >= 15 is 0 Å². The monoisotopic (exact) mass is 354 g/mol. The van der Waals surface area contributed by atoms with E-state index in [4.69, 9.17) is 0 Å². The Balaban J connectivity index is 2.00. The minimum absolute atomic E-state index is 0.260. The first-order chi connectivity index (χ1) is 11.8. The molecule has 1 N–H and O–H groups in total. The standard InChI is InChI=1S/C20H22N2O2S/c1-14-5-7-19(8-6-14)25(23,24)21-18-12-15(2)11-17(13-18)20-16(3)9-10-22(20)4/h5-13,21H,1-4H3. The number of rotatable bonds is 4. The summed E-state index contributed by atoms with van der Waals surface area (Å²) in [6.45, 7) is 5.94. The smallest absolute Gasteiger partial charge is 0.261 e. The molecule has 1 heterocycles. The molecule has 0 saturated carbocycles. The van der Waals surface area contributed by atoms with Gasteiger partial charge in [0.25, 0.3) is 10.0 Å². The van der Waals surface area contributed by atoms with E-state index in [1.807, 2.05) is 56.8 Å². The maximum absolute atomic E-state index is 12.6. The minimum Gasteiger partial charge on any atom is -0.350 e. The number of hydrogen-bond acceptors (Lipinski definition) is 2. The molecule has 0 aliphatic heterocycles. The van der Waals surface area contributed by atoms with Gasteiger partial charge in [0.1, 0.15) is 0 Å². The second-order valence-electron chi connectivity index (χ2n) is 6.46. The lowest BCUT2D eigenvalue weighted by Crippen LogP contribution is -2.13. The predicted molar refractivity (Wildman–Crippen MR) is 102 cm³/mol. The molecule has 5 heteroatoms. The van der Waals surface area contributed by atoms with Gasteiger partial charge in [-0.05, 0) is 68.3 Å². The summed E-state index contributed by atoms with van der Waals surface area (Å²) in [7, 11) is -1.62. The van der Waals surface area contributed by atoms with Crippen LogP contribution < -0.4 is 4.72 Å². The first kappa shape index (κ1) is 17.3. The van der Waals surface area contributed by atoms with Gasteiger partial charge in [0, 0.05) is 24.5 Å². The van der Waals surface area contributed by atoms with Crippen LogP contribution in [0.3, 0.4) is 0 Å². The highest BCUT2D eigenvalue weighted by molar-refractivity contribution is 7.92. The first-order valence-electron chi connectivity index (χ1n) is 8.10. The van der Waals surface area contributed by atoms with Crippen molar-refractivity contribution < 1.29 is 8.42 Å². The zero-order valence-corrected chi connectivity index (χ0v) is 15.7. The minimum atomic E-state index is -3.61. The predicted octanol–water partition coefficient (Wildman–Crippen LogP) is 4.42.